The van der Waals surface area contributed by atoms with Crippen LogP contribution in [0.15, 0.2) is 0 Å². The molecule has 1 aliphatic rings. The predicted octanol–water partition coefficient (Wildman–Crippen LogP) is 2.41. The summed E-state index contributed by atoms with van der Waals surface area (Å²) in [6.07, 6.45) is 8.64. The molecule has 0 aromatic heterocycles. The molecule has 0 aromatic carbocycles. The van der Waals surface area contributed by atoms with E-state index in [1.165, 1.54) is 32.1 Å². The Balaban J connectivity index is 2.35. The predicted molar refractivity (Wildman–Crippen MR) is 80.0 cm³/mol. The summed E-state index contributed by atoms with van der Waals surface area (Å²) in [5.74, 6) is 0.252. The Morgan fingerprint density at radius 1 is 1.33 bits per heavy atom. The highest BCUT2D eigenvalue weighted by atomic mass is 32.2. The number of hydrogen-bond donors (Lipinski definition) is 2. The van der Waals surface area contributed by atoms with E-state index >= 15 is 0 Å². The zero-order chi connectivity index (χ0) is 13.4. The van der Waals surface area contributed by atoms with Crippen LogP contribution in [-0.4, -0.2) is 36.5 Å². The van der Waals surface area contributed by atoms with Crippen molar-refractivity contribution in [3.63, 3.8) is 0 Å². The van der Waals surface area contributed by atoms with Gasteiger partial charge in [0.1, 0.15) is 0 Å². The Labute approximate surface area is 116 Å². The number of hydrogen-bond acceptors (Lipinski definition) is 3. The lowest BCUT2D eigenvalue weighted by Gasteiger charge is -2.36. The molecule has 1 amide bonds. The molecule has 1 fully saturated rings. The van der Waals surface area contributed by atoms with E-state index in [9.17, 15) is 4.79 Å². The maximum Gasteiger partial charge on any atom is 0.224 e. The molecule has 0 aliphatic heterocycles. The monoisotopic (exact) mass is 272 g/mol. The standard InChI is InChI=1S/C14H28N2OS/c1-4-15-10-12(2)13(17)16-11-14(18-3)8-6-5-7-9-14/h12,15H,4-11H2,1-3H3,(H,16,17). The summed E-state index contributed by atoms with van der Waals surface area (Å²) >= 11 is 1.93. The normalized spacial score (nSPS) is 20.4. The summed E-state index contributed by atoms with van der Waals surface area (Å²) in [7, 11) is 0. The van der Waals surface area contributed by atoms with Crippen molar-refractivity contribution in [2.45, 2.75) is 50.7 Å². The summed E-state index contributed by atoms with van der Waals surface area (Å²) < 4.78 is 0.297. The molecule has 0 spiro atoms. The molecule has 4 heteroatoms. The third kappa shape index (κ3) is 4.81. The number of nitrogens with one attached hydrogen (secondary N) is 2. The Morgan fingerprint density at radius 3 is 2.56 bits per heavy atom. The van der Waals surface area contributed by atoms with Crippen LogP contribution >= 0.6 is 11.8 Å². The quantitative estimate of drug-likeness (QED) is 0.748. The van der Waals surface area contributed by atoms with Crippen molar-refractivity contribution in [3.8, 4) is 0 Å². The van der Waals surface area contributed by atoms with Crippen molar-refractivity contribution in [2.24, 2.45) is 5.92 Å². The maximum absolute atomic E-state index is 12.0. The van der Waals surface area contributed by atoms with E-state index in [0.717, 1.165) is 19.6 Å². The Hall–Kier alpha value is -0.220. The summed E-state index contributed by atoms with van der Waals surface area (Å²) in [5.41, 5.74) is 0. The van der Waals surface area contributed by atoms with Gasteiger partial charge >= 0.3 is 0 Å². The van der Waals surface area contributed by atoms with Gasteiger partial charge in [-0.3, -0.25) is 4.79 Å². The summed E-state index contributed by atoms with van der Waals surface area (Å²) in [6, 6.07) is 0. The number of carbonyl (C=O) groups excluding carboxylic acids is 1. The minimum Gasteiger partial charge on any atom is -0.354 e. The van der Waals surface area contributed by atoms with Gasteiger partial charge in [0, 0.05) is 23.8 Å². The Morgan fingerprint density at radius 2 is 2.00 bits per heavy atom. The van der Waals surface area contributed by atoms with Crippen LogP contribution in [0.1, 0.15) is 46.0 Å². The molecule has 0 saturated heterocycles. The van der Waals surface area contributed by atoms with E-state index in [0.29, 0.717) is 4.75 Å². The van der Waals surface area contributed by atoms with Gasteiger partial charge in [0.2, 0.25) is 5.91 Å². The van der Waals surface area contributed by atoms with Crippen LogP contribution < -0.4 is 10.6 Å². The minimum absolute atomic E-state index is 0.0625. The molecule has 0 aromatic rings. The number of rotatable bonds is 7. The van der Waals surface area contributed by atoms with Crippen molar-refractivity contribution in [2.75, 3.05) is 25.9 Å². The van der Waals surface area contributed by atoms with E-state index in [1.807, 2.05) is 18.7 Å². The van der Waals surface area contributed by atoms with Crippen molar-refractivity contribution in [1.29, 1.82) is 0 Å². The molecular formula is C14H28N2OS. The fraction of sp³-hybridized carbons (Fsp3) is 0.929. The molecule has 0 heterocycles. The SMILES string of the molecule is CCNCC(C)C(=O)NCC1(SC)CCCCC1. The van der Waals surface area contributed by atoms with Crippen molar-refractivity contribution >= 4 is 17.7 Å². The van der Waals surface area contributed by atoms with Gasteiger partial charge in [0.25, 0.3) is 0 Å². The number of thioether (sulfide) groups is 1. The van der Waals surface area contributed by atoms with Crippen LogP contribution in [0.5, 0.6) is 0 Å². The van der Waals surface area contributed by atoms with Crippen molar-refractivity contribution in [3.05, 3.63) is 0 Å². The first kappa shape index (κ1) is 15.8. The summed E-state index contributed by atoms with van der Waals surface area (Å²) in [5, 5.41) is 6.38. The first-order valence-corrected chi connectivity index (χ1v) is 8.39. The van der Waals surface area contributed by atoms with Gasteiger partial charge in [-0.25, -0.2) is 0 Å². The molecular weight excluding hydrogens is 244 g/mol. The fourth-order valence-electron chi connectivity index (χ4n) is 2.53. The summed E-state index contributed by atoms with van der Waals surface area (Å²) in [6.45, 7) is 6.59. The lowest BCUT2D eigenvalue weighted by atomic mass is 9.88. The molecule has 0 radical (unpaired) electrons. The third-order valence-corrected chi connectivity index (χ3v) is 5.35. The molecule has 1 saturated carbocycles. The highest BCUT2D eigenvalue weighted by molar-refractivity contribution is 8.00. The van der Waals surface area contributed by atoms with Gasteiger partial charge in [-0.15, -0.1) is 0 Å². The molecule has 1 unspecified atom stereocenters. The van der Waals surface area contributed by atoms with E-state index in [2.05, 4.69) is 23.8 Å². The minimum atomic E-state index is 0.0625. The largest absolute Gasteiger partial charge is 0.354 e. The van der Waals surface area contributed by atoms with E-state index < -0.39 is 0 Å². The van der Waals surface area contributed by atoms with E-state index in [-0.39, 0.29) is 11.8 Å². The first-order chi connectivity index (χ1) is 8.63. The van der Waals surface area contributed by atoms with E-state index in [4.69, 9.17) is 0 Å². The highest BCUT2D eigenvalue weighted by Gasteiger charge is 2.31. The average Bonchev–Trinajstić information content (AvgIpc) is 2.43. The lowest BCUT2D eigenvalue weighted by Crippen LogP contribution is -2.44. The Kier molecular flexibility index (Phi) is 7.08. The van der Waals surface area contributed by atoms with Gasteiger partial charge < -0.3 is 10.6 Å². The zero-order valence-corrected chi connectivity index (χ0v) is 12.9. The van der Waals surface area contributed by atoms with Gasteiger partial charge in [0.05, 0.1) is 0 Å². The number of carbonyl (C=O) groups is 1. The number of amides is 1. The molecule has 2 N–H and O–H groups in total. The van der Waals surface area contributed by atoms with Gasteiger partial charge in [-0.1, -0.05) is 33.1 Å². The van der Waals surface area contributed by atoms with E-state index in [1.54, 1.807) is 0 Å². The topological polar surface area (TPSA) is 41.1 Å². The fourth-order valence-corrected chi connectivity index (χ4v) is 3.44. The van der Waals surface area contributed by atoms with Crippen LogP contribution in [0.25, 0.3) is 0 Å². The molecule has 18 heavy (non-hydrogen) atoms. The second kappa shape index (κ2) is 8.05. The van der Waals surface area contributed by atoms with Gasteiger partial charge in [-0.05, 0) is 25.6 Å². The first-order valence-electron chi connectivity index (χ1n) is 7.17. The average molecular weight is 272 g/mol. The summed E-state index contributed by atoms with van der Waals surface area (Å²) in [4.78, 5) is 12.0. The van der Waals surface area contributed by atoms with Crippen LogP contribution in [0.3, 0.4) is 0 Å². The third-order valence-electron chi connectivity index (χ3n) is 3.93. The Bertz CT molecular complexity index is 252. The van der Waals surface area contributed by atoms with Crippen molar-refractivity contribution in [1.82, 2.24) is 10.6 Å². The second-order valence-corrected chi connectivity index (χ2v) is 6.65. The second-order valence-electron chi connectivity index (χ2n) is 5.37. The molecule has 106 valence electrons. The van der Waals surface area contributed by atoms with Crippen molar-refractivity contribution < 1.29 is 4.79 Å². The molecule has 3 nitrogen and oxygen atoms in total. The molecule has 0 bridgehead atoms. The van der Waals surface area contributed by atoms with Crippen LogP contribution in [0, 0.1) is 5.92 Å². The zero-order valence-electron chi connectivity index (χ0n) is 12.1. The smallest absolute Gasteiger partial charge is 0.224 e. The van der Waals surface area contributed by atoms with Crippen LogP contribution in [-0.2, 0) is 4.79 Å². The van der Waals surface area contributed by atoms with Crippen LogP contribution in [0.2, 0.25) is 0 Å². The van der Waals surface area contributed by atoms with Gasteiger partial charge in [-0.2, -0.15) is 11.8 Å². The van der Waals surface area contributed by atoms with Gasteiger partial charge in [0.15, 0.2) is 0 Å². The maximum atomic E-state index is 12.0. The molecule has 1 aliphatic carbocycles. The lowest BCUT2D eigenvalue weighted by molar-refractivity contribution is -0.124. The molecule has 1 rings (SSSR count). The highest BCUT2D eigenvalue weighted by Crippen LogP contribution is 2.37. The van der Waals surface area contributed by atoms with Crippen LogP contribution in [0.4, 0.5) is 0 Å². The molecule has 1 atom stereocenters.